The summed E-state index contributed by atoms with van der Waals surface area (Å²) in [6, 6.07) is 10.5. The molecule has 1 N–H and O–H groups in total. The van der Waals surface area contributed by atoms with Gasteiger partial charge in [-0.2, -0.15) is 0 Å². The monoisotopic (exact) mass is 290 g/mol. The van der Waals surface area contributed by atoms with Crippen LogP contribution in [0.4, 0.5) is 0 Å². The second-order valence-corrected chi connectivity index (χ2v) is 7.79. The fourth-order valence-corrected chi connectivity index (χ4v) is 4.44. The Labute approximate surface area is 126 Å². The maximum atomic E-state index is 6.54. The number of likely N-dealkylation sites (N-methyl/N-ethyl adjacent to an activating group) is 1. The van der Waals surface area contributed by atoms with Gasteiger partial charge in [-0.05, 0) is 39.3 Å². The zero-order chi connectivity index (χ0) is 14.6. The van der Waals surface area contributed by atoms with Gasteiger partial charge in [0.2, 0.25) is 0 Å². The van der Waals surface area contributed by atoms with Crippen LogP contribution in [0.2, 0.25) is 0 Å². The average molecular weight is 291 g/mol. The molecule has 2 heterocycles. The maximum absolute atomic E-state index is 6.54. The van der Waals surface area contributed by atoms with Crippen molar-refractivity contribution in [3.8, 4) is 0 Å². The zero-order valence-corrected chi connectivity index (χ0v) is 13.3. The third kappa shape index (κ3) is 1.97. The molecule has 1 aromatic rings. The lowest BCUT2D eigenvalue weighted by Gasteiger charge is -2.48. The molecule has 0 amide bonds. The van der Waals surface area contributed by atoms with E-state index in [0.717, 1.165) is 25.1 Å². The molecule has 1 saturated carbocycles. The lowest BCUT2D eigenvalue weighted by atomic mass is 9.70. The molecule has 0 aromatic heterocycles. The van der Waals surface area contributed by atoms with E-state index < -0.39 is 0 Å². The Hall–Kier alpha value is -0.990. The number of halogens is 1. The van der Waals surface area contributed by atoms with Crippen molar-refractivity contribution in [2.45, 2.75) is 42.6 Å². The van der Waals surface area contributed by atoms with Crippen molar-refractivity contribution in [1.82, 2.24) is 10.2 Å². The van der Waals surface area contributed by atoms with Crippen LogP contribution in [-0.4, -0.2) is 28.9 Å². The lowest BCUT2D eigenvalue weighted by Crippen LogP contribution is -2.55. The van der Waals surface area contributed by atoms with Gasteiger partial charge in [0, 0.05) is 12.2 Å². The largest absolute Gasteiger partial charge is 0.378 e. The minimum Gasteiger partial charge on any atom is -0.378 e. The van der Waals surface area contributed by atoms with Crippen LogP contribution >= 0.6 is 11.6 Å². The molecule has 1 aliphatic carbocycles. The molecule has 3 heteroatoms. The lowest BCUT2D eigenvalue weighted by molar-refractivity contribution is 0.164. The number of benzene rings is 1. The molecular weight excluding hydrogens is 268 g/mol. The molecule has 2 saturated heterocycles. The highest BCUT2D eigenvalue weighted by molar-refractivity contribution is 6.25. The molecular formula is C17H23ClN2. The molecule has 1 aromatic carbocycles. The Morgan fingerprint density at radius 2 is 1.90 bits per heavy atom. The molecule has 20 heavy (non-hydrogen) atoms. The summed E-state index contributed by atoms with van der Waals surface area (Å²) in [6.07, 6.45) is 2.02. The highest BCUT2D eigenvalue weighted by Gasteiger charge is 2.65. The summed E-state index contributed by atoms with van der Waals surface area (Å²) in [5.41, 5.74) is 2.30. The van der Waals surface area contributed by atoms with Crippen molar-refractivity contribution in [1.29, 1.82) is 0 Å². The van der Waals surface area contributed by atoms with Gasteiger partial charge in [-0.15, -0.1) is 11.6 Å². The quantitative estimate of drug-likeness (QED) is 0.854. The standard InChI is InChI=1S/C17H23ClN2/c1-13(17-10-16(18,11-17)12-20(17)4)19-15(2,3)14-8-6-5-7-9-14/h5-9,19H,1,10-12H2,2-4H3. The number of hydrogen-bond donors (Lipinski definition) is 1. The fraction of sp³-hybridized carbons (Fsp3) is 0.529. The highest BCUT2D eigenvalue weighted by Crippen LogP contribution is 2.59. The van der Waals surface area contributed by atoms with Crippen LogP contribution in [0.25, 0.3) is 0 Å². The fourth-order valence-electron chi connectivity index (χ4n) is 3.82. The number of hydrogen-bond acceptors (Lipinski definition) is 2. The Balaban J connectivity index is 1.77. The van der Waals surface area contributed by atoms with Crippen molar-refractivity contribution >= 4 is 11.6 Å². The van der Waals surface area contributed by atoms with Gasteiger partial charge in [-0.3, -0.25) is 4.90 Å². The molecule has 0 spiro atoms. The number of alkyl halides is 1. The molecule has 3 fully saturated rings. The molecule has 3 aliphatic rings. The van der Waals surface area contributed by atoms with Gasteiger partial charge in [0.05, 0.1) is 16.0 Å². The summed E-state index contributed by atoms with van der Waals surface area (Å²) < 4.78 is 0. The number of rotatable bonds is 4. The van der Waals surface area contributed by atoms with Gasteiger partial charge >= 0.3 is 0 Å². The molecule has 2 nitrogen and oxygen atoms in total. The third-order valence-corrected chi connectivity index (χ3v) is 5.38. The van der Waals surface area contributed by atoms with E-state index >= 15 is 0 Å². The summed E-state index contributed by atoms with van der Waals surface area (Å²) in [5, 5.41) is 3.65. The molecule has 2 bridgehead atoms. The van der Waals surface area contributed by atoms with Crippen LogP contribution < -0.4 is 5.32 Å². The van der Waals surface area contributed by atoms with Gasteiger partial charge in [-0.1, -0.05) is 36.9 Å². The minimum absolute atomic E-state index is 0.0176. The first-order valence-electron chi connectivity index (χ1n) is 7.21. The minimum atomic E-state index is -0.124. The van der Waals surface area contributed by atoms with Crippen LogP contribution in [0, 0.1) is 0 Å². The highest BCUT2D eigenvalue weighted by atomic mass is 35.5. The topological polar surface area (TPSA) is 15.3 Å². The van der Waals surface area contributed by atoms with Crippen LogP contribution in [0.15, 0.2) is 42.6 Å². The maximum Gasteiger partial charge on any atom is 0.0635 e. The average Bonchev–Trinajstić information content (AvgIpc) is 2.76. The van der Waals surface area contributed by atoms with Gasteiger partial charge in [-0.25, -0.2) is 0 Å². The second-order valence-electron chi connectivity index (χ2n) is 6.99. The molecule has 0 atom stereocenters. The smallest absolute Gasteiger partial charge is 0.0635 e. The van der Waals surface area contributed by atoms with Crippen LogP contribution in [-0.2, 0) is 5.54 Å². The number of nitrogens with one attached hydrogen (secondary N) is 1. The SMILES string of the molecule is C=C(NC(C)(C)c1ccccc1)C12CC(Cl)(CN1C)C2. The molecule has 0 unspecified atom stereocenters. The Morgan fingerprint density at radius 1 is 1.30 bits per heavy atom. The summed E-state index contributed by atoms with van der Waals surface area (Å²) in [5.74, 6) is 0. The van der Waals surface area contributed by atoms with Crippen molar-refractivity contribution in [2.24, 2.45) is 0 Å². The van der Waals surface area contributed by atoms with Crippen LogP contribution in [0.3, 0.4) is 0 Å². The second kappa shape index (κ2) is 4.25. The predicted octanol–water partition coefficient (Wildman–Crippen LogP) is 3.48. The Bertz CT molecular complexity index is 529. The summed E-state index contributed by atoms with van der Waals surface area (Å²) >= 11 is 6.54. The van der Waals surface area contributed by atoms with E-state index in [2.05, 4.69) is 62.0 Å². The van der Waals surface area contributed by atoms with E-state index in [-0.39, 0.29) is 16.0 Å². The van der Waals surface area contributed by atoms with E-state index in [0.29, 0.717) is 0 Å². The normalized spacial score (nSPS) is 32.8. The van der Waals surface area contributed by atoms with Crippen molar-refractivity contribution < 1.29 is 0 Å². The number of fused-ring (bicyclic) bond motifs is 1. The van der Waals surface area contributed by atoms with E-state index in [1.165, 1.54) is 5.56 Å². The zero-order valence-electron chi connectivity index (χ0n) is 12.5. The van der Waals surface area contributed by atoms with Crippen molar-refractivity contribution in [3.05, 3.63) is 48.2 Å². The van der Waals surface area contributed by atoms with E-state index in [1.54, 1.807) is 0 Å². The van der Waals surface area contributed by atoms with Crippen molar-refractivity contribution in [3.63, 3.8) is 0 Å². The third-order valence-electron chi connectivity index (χ3n) is 4.99. The first kappa shape index (κ1) is 14.0. The van der Waals surface area contributed by atoms with E-state index in [9.17, 15) is 0 Å². The first-order chi connectivity index (χ1) is 9.28. The van der Waals surface area contributed by atoms with Crippen molar-refractivity contribution in [2.75, 3.05) is 13.6 Å². The van der Waals surface area contributed by atoms with Crippen LogP contribution in [0.5, 0.6) is 0 Å². The van der Waals surface area contributed by atoms with Gasteiger partial charge in [0.15, 0.2) is 0 Å². The molecule has 108 valence electrons. The summed E-state index contributed by atoms with van der Waals surface area (Å²) in [4.78, 5) is 2.34. The van der Waals surface area contributed by atoms with Crippen LogP contribution in [0.1, 0.15) is 32.3 Å². The molecule has 0 radical (unpaired) electrons. The van der Waals surface area contributed by atoms with Gasteiger partial charge < -0.3 is 5.32 Å². The first-order valence-corrected chi connectivity index (χ1v) is 7.59. The number of nitrogens with zero attached hydrogens (tertiary/aromatic N) is 1. The summed E-state index contributed by atoms with van der Waals surface area (Å²) in [7, 11) is 2.15. The van der Waals surface area contributed by atoms with Gasteiger partial charge in [0.25, 0.3) is 0 Å². The molecule has 4 rings (SSSR count). The Kier molecular flexibility index (Phi) is 2.97. The summed E-state index contributed by atoms with van der Waals surface area (Å²) in [6.45, 7) is 9.69. The van der Waals surface area contributed by atoms with Gasteiger partial charge in [0.1, 0.15) is 0 Å². The van der Waals surface area contributed by atoms with E-state index in [1.807, 2.05) is 6.07 Å². The predicted molar refractivity (Wildman–Crippen MR) is 84.9 cm³/mol. The Morgan fingerprint density at radius 3 is 2.40 bits per heavy atom. The van der Waals surface area contributed by atoms with E-state index in [4.69, 9.17) is 11.6 Å². The molecule has 2 aliphatic heterocycles.